The Bertz CT molecular complexity index is 484. The molecule has 0 unspecified atom stereocenters. The van der Waals surface area contributed by atoms with Gasteiger partial charge in [0.2, 0.25) is 0 Å². The highest BCUT2D eigenvalue weighted by Crippen LogP contribution is 2.20. The van der Waals surface area contributed by atoms with E-state index in [0.717, 1.165) is 11.1 Å². The second kappa shape index (κ2) is 6.95. The van der Waals surface area contributed by atoms with Crippen LogP contribution in [0.5, 0.6) is 0 Å². The normalized spacial score (nSPS) is 11.9. The van der Waals surface area contributed by atoms with Crippen molar-refractivity contribution in [2.24, 2.45) is 10.8 Å². The molecule has 22 heavy (non-hydrogen) atoms. The largest absolute Gasteiger partial charge is 0.460 e. The van der Waals surface area contributed by atoms with Crippen LogP contribution in [0.4, 0.5) is 0 Å². The Kier molecular flexibility index (Phi) is 5.75. The summed E-state index contributed by atoms with van der Waals surface area (Å²) in [6, 6.07) is 7.48. The summed E-state index contributed by atoms with van der Waals surface area (Å²) < 4.78 is 10.7. The fraction of sp³-hybridized carbons (Fsp3) is 0.556. The molecule has 0 aliphatic carbocycles. The molecule has 1 aromatic carbocycles. The summed E-state index contributed by atoms with van der Waals surface area (Å²) in [5.74, 6) is -0.511. The third kappa shape index (κ3) is 5.51. The van der Waals surface area contributed by atoms with Crippen LogP contribution in [0, 0.1) is 10.8 Å². The zero-order valence-electron chi connectivity index (χ0n) is 14.4. The molecule has 0 heterocycles. The van der Waals surface area contributed by atoms with Gasteiger partial charge in [-0.3, -0.25) is 9.59 Å². The standard InChI is InChI=1S/C18H26O4/c1-17(2,3)15(19)21-11-13-9-7-8-10-14(13)12-22-16(20)18(4,5)6/h7-10H,11-12H2,1-6H3. The van der Waals surface area contributed by atoms with E-state index < -0.39 is 10.8 Å². The Morgan fingerprint density at radius 2 is 1.09 bits per heavy atom. The topological polar surface area (TPSA) is 52.6 Å². The molecule has 0 bridgehead atoms. The summed E-state index contributed by atoms with van der Waals surface area (Å²) in [5, 5.41) is 0. The minimum Gasteiger partial charge on any atom is -0.460 e. The van der Waals surface area contributed by atoms with Gasteiger partial charge in [-0.25, -0.2) is 0 Å². The molecule has 0 spiro atoms. The van der Waals surface area contributed by atoms with Gasteiger partial charge >= 0.3 is 11.9 Å². The first-order chi connectivity index (χ1) is 10.0. The van der Waals surface area contributed by atoms with Gasteiger partial charge in [-0.2, -0.15) is 0 Å². The first-order valence-corrected chi connectivity index (χ1v) is 7.43. The maximum absolute atomic E-state index is 11.8. The summed E-state index contributed by atoms with van der Waals surface area (Å²) >= 11 is 0. The molecule has 0 radical (unpaired) electrons. The molecule has 1 rings (SSSR count). The molecule has 122 valence electrons. The van der Waals surface area contributed by atoms with Crippen molar-refractivity contribution in [2.75, 3.05) is 0 Å². The van der Waals surface area contributed by atoms with Gasteiger partial charge in [-0.05, 0) is 52.7 Å². The molecule has 0 aliphatic heterocycles. The van der Waals surface area contributed by atoms with Crippen molar-refractivity contribution in [3.63, 3.8) is 0 Å². The van der Waals surface area contributed by atoms with Crippen LogP contribution in [0.2, 0.25) is 0 Å². The maximum Gasteiger partial charge on any atom is 0.311 e. The molecule has 0 saturated carbocycles. The number of rotatable bonds is 4. The van der Waals surface area contributed by atoms with Crippen LogP contribution in [-0.4, -0.2) is 11.9 Å². The van der Waals surface area contributed by atoms with Crippen LogP contribution in [0.15, 0.2) is 24.3 Å². The van der Waals surface area contributed by atoms with Gasteiger partial charge in [-0.15, -0.1) is 0 Å². The summed E-state index contributed by atoms with van der Waals surface area (Å²) in [7, 11) is 0. The van der Waals surface area contributed by atoms with E-state index in [4.69, 9.17) is 9.47 Å². The van der Waals surface area contributed by atoms with E-state index in [1.54, 1.807) is 0 Å². The Morgan fingerprint density at radius 1 is 0.773 bits per heavy atom. The number of ether oxygens (including phenoxy) is 2. The lowest BCUT2D eigenvalue weighted by molar-refractivity contribution is -0.155. The van der Waals surface area contributed by atoms with Crippen molar-refractivity contribution >= 4 is 11.9 Å². The fourth-order valence-corrected chi connectivity index (χ4v) is 1.56. The van der Waals surface area contributed by atoms with Gasteiger partial charge in [0, 0.05) is 0 Å². The Labute approximate surface area is 132 Å². The lowest BCUT2D eigenvalue weighted by Gasteiger charge is -2.19. The van der Waals surface area contributed by atoms with Gasteiger partial charge < -0.3 is 9.47 Å². The number of esters is 2. The molecule has 0 amide bonds. The van der Waals surface area contributed by atoms with Crippen molar-refractivity contribution in [1.29, 1.82) is 0 Å². The molecule has 0 aliphatic rings. The van der Waals surface area contributed by atoms with Crippen molar-refractivity contribution < 1.29 is 19.1 Å². The second-order valence-electron chi connectivity index (χ2n) is 7.42. The summed E-state index contributed by atoms with van der Waals surface area (Å²) in [6.07, 6.45) is 0. The monoisotopic (exact) mass is 306 g/mol. The molecular formula is C18H26O4. The highest BCUT2D eigenvalue weighted by Gasteiger charge is 2.24. The van der Waals surface area contributed by atoms with E-state index in [1.165, 1.54) is 0 Å². The van der Waals surface area contributed by atoms with E-state index in [9.17, 15) is 9.59 Å². The number of hydrogen-bond acceptors (Lipinski definition) is 4. The summed E-state index contributed by atoms with van der Waals surface area (Å²) in [5.41, 5.74) is 0.630. The molecule has 1 aromatic rings. The Hall–Kier alpha value is -1.84. The predicted octanol–water partition coefficient (Wildman–Crippen LogP) is 3.87. The average molecular weight is 306 g/mol. The molecule has 0 saturated heterocycles. The van der Waals surface area contributed by atoms with Crippen molar-refractivity contribution in [2.45, 2.75) is 54.8 Å². The highest BCUT2D eigenvalue weighted by atomic mass is 16.5. The number of hydrogen-bond donors (Lipinski definition) is 0. The number of carbonyl (C=O) groups excluding carboxylic acids is 2. The van der Waals surface area contributed by atoms with Gasteiger partial charge in [0.1, 0.15) is 13.2 Å². The quantitative estimate of drug-likeness (QED) is 0.792. The lowest BCUT2D eigenvalue weighted by atomic mass is 9.97. The fourth-order valence-electron chi connectivity index (χ4n) is 1.56. The van der Waals surface area contributed by atoms with Crippen LogP contribution in [-0.2, 0) is 32.3 Å². The first kappa shape index (κ1) is 18.2. The lowest BCUT2D eigenvalue weighted by Crippen LogP contribution is -2.24. The molecular weight excluding hydrogens is 280 g/mol. The number of carbonyl (C=O) groups is 2. The van der Waals surface area contributed by atoms with Gasteiger partial charge in [0.25, 0.3) is 0 Å². The average Bonchev–Trinajstić information content (AvgIpc) is 2.40. The van der Waals surface area contributed by atoms with Gasteiger partial charge in [-0.1, -0.05) is 24.3 Å². The van der Waals surface area contributed by atoms with Crippen LogP contribution >= 0.6 is 0 Å². The van der Waals surface area contributed by atoms with Crippen LogP contribution in [0.25, 0.3) is 0 Å². The van der Waals surface area contributed by atoms with Crippen molar-refractivity contribution in [3.8, 4) is 0 Å². The molecule has 0 fully saturated rings. The van der Waals surface area contributed by atoms with E-state index >= 15 is 0 Å². The molecule has 4 nitrogen and oxygen atoms in total. The highest BCUT2D eigenvalue weighted by molar-refractivity contribution is 5.75. The smallest absolute Gasteiger partial charge is 0.311 e. The SMILES string of the molecule is CC(C)(C)C(=O)OCc1ccccc1COC(=O)C(C)(C)C. The summed E-state index contributed by atoms with van der Waals surface area (Å²) in [4.78, 5) is 23.7. The third-order valence-corrected chi connectivity index (χ3v) is 3.06. The predicted molar refractivity (Wildman–Crippen MR) is 84.9 cm³/mol. The van der Waals surface area contributed by atoms with Crippen molar-refractivity contribution in [1.82, 2.24) is 0 Å². The third-order valence-electron chi connectivity index (χ3n) is 3.06. The minimum atomic E-state index is -0.534. The zero-order valence-corrected chi connectivity index (χ0v) is 14.4. The molecule has 0 N–H and O–H groups in total. The number of benzene rings is 1. The van der Waals surface area contributed by atoms with Crippen LogP contribution in [0.3, 0.4) is 0 Å². The van der Waals surface area contributed by atoms with Crippen LogP contribution in [0.1, 0.15) is 52.7 Å². The van der Waals surface area contributed by atoms with Crippen LogP contribution < -0.4 is 0 Å². The van der Waals surface area contributed by atoms with E-state index in [0.29, 0.717) is 0 Å². The maximum atomic E-state index is 11.8. The van der Waals surface area contributed by atoms with Gasteiger partial charge in [0.05, 0.1) is 10.8 Å². The molecule has 0 aromatic heterocycles. The second-order valence-corrected chi connectivity index (χ2v) is 7.42. The molecule has 0 atom stereocenters. The minimum absolute atomic E-state index is 0.180. The molecule has 4 heteroatoms. The van der Waals surface area contributed by atoms with E-state index in [-0.39, 0.29) is 25.2 Å². The zero-order chi connectivity index (χ0) is 17.0. The summed E-state index contributed by atoms with van der Waals surface area (Å²) in [6.45, 7) is 11.2. The Balaban J connectivity index is 2.70. The van der Waals surface area contributed by atoms with Gasteiger partial charge in [0.15, 0.2) is 0 Å². The van der Waals surface area contributed by atoms with E-state index in [1.807, 2.05) is 65.8 Å². The first-order valence-electron chi connectivity index (χ1n) is 7.43. The Morgan fingerprint density at radius 3 is 1.36 bits per heavy atom. The van der Waals surface area contributed by atoms with Crippen molar-refractivity contribution in [3.05, 3.63) is 35.4 Å². The van der Waals surface area contributed by atoms with E-state index in [2.05, 4.69) is 0 Å².